The lowest BCUT2D eigenvalue weighted by atomic mass is 10.2. The number of pyridine rings is 1. The first-order chi connectivity index (χ1) is 6.06. The van der Waals surface area contributed by atoms with E-state index in [9.17, 15) is 4.79 Å². The average Bonchev–Trinajstić information content (AvgIpc) is 2.10. The minimum atomic E-state index is -0.570. The van der Waals surface area contributed by atoms with Crippen LogP contribution in [0, 0.1) is 6.92 Å². The number of nitrogens with zero attached hydrogens (tertiary/aromatic N) is 1. The molecule has 1 aromatic heterocycles. The van der Waals surface area contributed by atoms with Crippen molar-refractivity contribution in [3.8, 4) is 5.75 Å². The van der Waals surface area contributed by atoms with Crippen LogP contribution in [0.25, 0.3) is 0 Å². The number of carbonyl (C=O) groups excluding carboxylic acids is 1. The fraction of sp³-hybridized carbons (Fsp3) is 0.250. The second kappa shape index (κ2) is 3.62. The molecule has 0 bridgehead atoms. The van der Waals surface area contributed by atoms with E-state index in [0.29, 0.717) is 5.56 Å². The zero-order valence-electron chi connectivity index (χ0n) is 7.17. The Labute approximate surface area is 80.1 Å². The molecule has 13 heavy (non-hydrogen) atoms. The number of hydrogen-bond acceptors (Lipinski definition) is 4. The fourth-order valence-corrected chi connectivity index (χ4v) is 1.02. The Morgan fingerprint density at radius 1 is 1.69 bits per heavy atom. The maximum atomic E-state index is 11.1. The summed E-state index contributed by atoms with van der Waals surface area (Å²) in [6.45, 7) is 1.63. The molecular formula is C8H8ClNO3. The lowest BCUT2D eigenvalue weighted by Gasteiger charge is -2.03. The first kappa shape index (κ1) is 9.80. The summed E-state index contributed by atoms with van der Waals surface area (Å²) >= 11 is 5.52. The van der Waals surface area contributed by atoms with Gasteiger partial charge in [0.2, 0.25) is 0 Å². The van der Waals surface area contributed by atoms with Crippen LogP contribution in [0.1, 0.15) is 16.1 Å². The standard InChI is InChI=1S/C8H8ClNO3/c1-4-3-5(11)7(9)10-6(4)8(12)13-2/h3,11H,1-2H3. The van der Waals surface area contributed by atoms with Gasteiger partial charge in [-0.2, -0.15) is 0 Å². The Bertz CT molecular complexity index is 351. The van der Waals surface area contributed by atoms with Gasteiger partial charge >= 0.3 is 5.97 Å². The summed E-state index contributed by atoms with van der Waals surface area (Å²) in [7, 11) is 1.25. The Morgan fingerprint density at radius 2 is 2.31 bits per heavy atom. The van der Waals surface area contributed by atoms with Crippen molar-refractivity contribution in [2.75, 3.05) is 7.11 Å². The van der Waals surface area contributed by atoms with Gasteiger partial charge in [-0.05, 0) is 18.6 Å². The average molecular weight is 202 g/mol. The number of hydrogen-bond donors (Lipinski definition) is 1. The van der Waals surface area contributed by atoms with Crippen molar-refractivity contribution in [1.29, 1.82) is 0 Å². The van der Waals surface area contributed by atoms with E-state index in [1.807, 2.05) is 0 Å². The van der Waals surface area contributed by atoms with E-state index in [0.717, 1.165) is 0 Å². The third-order valence-corrected chi connectivity index (χ3v) is 1.80. The van der Waals surface area contributed by atoms with Crippen molar-refractivity contribution in [3.63, 3.8) is 0 Å². The number of carbonyl (C=O) groups is 1. The molecule has 0 radical (unpaired) electrons. The van der Waals surface area contributed by atoms with Gasteiger partial charge in [0.15, 0.2) is 16.6 Å². The van der Waals surface area contributed by atoms with E-state index < -0.39 is 5.97 Å². The van der Waals surface area contributed by atoms with Crippen molar-refractivity contribution in [2.45, 2.75) is 6.92 Å². The highest BCUT2D eigenvalue weighted by atomic mass is 35.5. The molecule has 1 heterocycles. The monoisotopic (exact) mass is 201 g/mol. The van der Waals surface area contributed by atoms with Crippen LogP contribution in [-0.2, 0) is 4.74 Å². The Balaban J connectivity index is 3.23. The number of ether oxygens (including phenoxy) is 1. The van der Waals surface area contributed by atoms with E-state index >= 15 is 0 Å². The Morgan fingerprint density at radius 3 is 2.85 bits per heavy atom. The number of aryl methyl sites for hydroxylation is 1. The van der Waals surface area contributed by atoms with E-state index in [1.165, 1.54) is 13.2 Å². The molecule has 5 heteroatoms. The second-order valence-corrected chi connectivity index (χ2v) is 2.81. The summed E-state index contributed by atoms with van der Waals surface area (Å²) in [4.78, 5) is 14.8. The maximum absolute atomic E-state index is 11.1. The number of aromatic hydroxyl groups is 1. The quantitative estimate of drug-likeness (QED) is 0.553. The summed E-state index contributed by atoms with van der Waals surface area (Å²) < 4.78 is 4.47. The SMILES string of the molecule is COC(=O)c1nc(Cl)c(O)cc1C. The van der Waals surface area contributed by atoms with Crippen LogP contribution < -0.4 is 0 Å². The van der Waals surface area contributed by atoms with E-state index in [1.54, 1.807) is 6.92 Å². The van der Waals surface area contributed by atoms with Crippen LogP contribution in [-0.4, -0.2) is 23.2 Å². The molecular weight excluding hydrogens is 194 g/mol. The third kappa shape index (κ3) is 1.89. The molecule has 0 unspecified atom stereocenters. The van der Waals surface area contributed by atoms with Gasteiger partial charge in [0.1, 0.15) is 0 Å². The molecule has 1 N–H and O–H groups in total. The molecule has 1 rings (SSSR count). The van der Waals surface area contributed by atoms with Crippen molar-refractivity contribution >= 4 is 17.6 Å². The fourth-order valence-electron chi connectivity index (χ4n) is 0.880. The first-order valence-electron chi connectivity index (χ1n) is 3.50. The third-order valence-electron chi connectivity index (χ3n) is 1.53. The summed E-state index contributed by atoms with van der Waals surface area (Å²) in [6.07, 6.45) is 0. The first-order valence-corrected chi connectivity index (χ1v) is 3.88. The van der Waals surface area contributed by atoms with Gasteiger partial charge in [-0.1, -0.05) is 11.6 Å². The molecule has 0 aliphatic rings. The second-order valence-electron chi connectivity index (χ2n) is 2.46. The Kier molecular flexibility index (Phi) is 2.72. The zero-order chi connectivity index (χ0) is 10.0. The highest BCUT2D eigenvalue weighted by molar-refractivity contribution is 6.30. The van der Waals surface area contributed by atoms with Gasteiger partial charge in [-0.15, -0.1) is 0 Å². The van der Waals surface area contributed by atoms with Crippen molar-refractivity contribution in [3.05, 3.63) is 22.5 Å². The van der Waals surface area contributed by atoms with Gasteiger partial charge in [-0.3, -0.25) is 0 Å². The predicted octanol–water partition coefficient (Wildman–Crippen LogP) is 1.54. The summed E-state index contributed by atoms with van der Waals surface area (Å²) in [5.74, 6) is -0.716. The van der Waals surface area contributed by atoms with Crippen LogP contribution in [0.3, 0.4) is 0 Å². The topological polar surface area (TPSA) is 59.4 Å². The maximum Gasteiger partial charge on any atom is 0.356 e. The normalized spacial score (nSPS) is 9.77. The van der Waals surface area contributed by atoms with Gasteiger partial charge in [0, 0.05) is 0 Å². The molecule has 0 saturated heterocycles. The van der Waals surface area contributed by atoms with Gasteiger partial charge in [0.25, 0.3) is 0 Å². The van der Waals surface area contributed by atoms with Crippen molar-refractivity contribution in [1.82, 2.24) is 4.98 Å². The van der Waals surface area contributed by atoms with Crippen LogP contribution in [0.2, 0.25) is 5.15 Å². The van der Waals surface area contributed by atoms with Crippen LogP contribution >= 0.6 is 11.6 Å². The van der Waals surface area contributed by atoms with E-state index in [4.69, 9.17) is 16.7 Å². The molecule has 0 aromatic carbocycles. The van der Waals surface area contributed by atoms with Gasteiger partial charge < -0.3 is 9.84 Å². The zero-order valence-corrected chi connectivity index (χ0v) is 7.92. The molecule has 70 valence electrons. The summed E-state index contributed by atoms with van der Waals surface area (Å²) in [6, 6.07) is 1.36. The van der Waals surface area contributed by atoms with E-state index in [2.05, 4.69) is 9.72 Å². The lowest BCUT2D eigenvalue weighted by molar-refractivity contribution is 0.0593. The largest absolute Gasteiger partial charge is 0.505 e. The number of aromatic nitrogens is 1. The molecule has 0 atom stereocenters. The summed E-state index contributed by atoms with van der Waals surface area (Å²) in [5.41, 5.74) is 0.638. The van der Waals surface area contributed by atoms with Crippen LogP contribution in [0.15, 0.2) is 6.07 Å². The van der Waals surface area contributed by atoms with Crippen molar-refractivity contribution in [2.24, 2.45) is 0 Å². The highest BCUT2D eigenvalue weighted by Crippen LogP contribution is 2.23. The minimum absolute atomic E-state index is 0.106. The molecule has 0 fully saturated rings. The smallest absolute Gasteiger partial charge is 0.356 e. The molecule has 0 aliphatic heterocycles. The summed E-state index contributed by atoms with van der Waals surface area (Å²) in [5, 5.41) is 9.03. The number of halogens is 1. The molecule has 0 spiro atoms. The number of methoxy groups -OCH3 is 1. The number of esters is 1. The number of rotatable bonds is 1. The Hall–Kier alpha value is -1.29. The predicted molar refractivity (Wildman–Crippen MR) is 47.0 cm³/mol. The highest BCUT2D eigenvalue weighted by Gasteiger charge is 2.13. The molecule has 0 amide bonds. The van der Waals surface area contributed by atoms with Gasteiger partial charge in [-0.25, -0.2) is 9.78 Å². The van der Waals surface area contributed by atoms with Gasteiger partial charge in [0.05, 0.1) is 7.11 Å². The molecule has 0 saturated carbocycles. The van der Waals surface area contributed by atoms with Crippen molar-refractivity contribution < 1.29 is 14.6 Å². The minimum Gasteiger partial charge on any atom is -0.505 e. The molecule has 4 nitrogen and oxygen atoms in total. The van der Waals surface area contributed by atoms with Crippen LogP contribution in [0.4, 0.5) is 0 Å². The van der Waals surface area contributed by atoms with E-state index in [-0.39, 0.29) is 16.6 Å². The van der Waals surface area contributed by atoms with Crippen LogP contribution in [0.5, 0.6) is 5.75 Å². The molecule has 0 aliphatic carbocycles. The lowest BCUT2D eigenvalue weighted by Crippen LogP contribution is -2.06. The molecule has 1 aromatic rings.